The van der Waals surface area contributed by atoms with Gasteiger partial charge in [0.15, 0.2) is 0 Å². The number of benzene rings is 1. The van der Waals surface area contributed by atoms with Crippen LogP contribution in [-0.4, -0.2) is 47.0 Å². The third kappa shape index (κ3) is 3.50. The van der Waals surface area contributed by atoms with Crippen LogP contribution in [0.2, 0.25) is 0 Å². The van der Waals surface area contributed by atoms with E-state index in [0.29, 0.717) is 0 Å². The predicted molar refractivity (Wildman–Crippen MR) is 97.8 cm³/mol. The van der Waals surface area contributed by atoms with Crippen LogP contribution in [0.4, 0.5) is 5.69 Å². The first-order valence-corrected chi connectivity index (χ1v) is 9.21. The van der Waals surface area contributed by atoms with E-state index in [9.17, 15) is 4.79 Å². The first kappa shape index (κ1) is 16.1. The largest absolute Gasteiger partial charge is 0.372 e. The van der Waals surface area contributed by atoms with E-state index in [2.05, 4.69) is 27.0 Å². The van der Waals surface area contributed by atoms with E-state index in [0.717, 1.165) is 50.3 Å². The topological polar surface area (TPSA) is 49.3 Å². The van der Waals surface area contributed by atoms with Gasteiger partial charge in [0.05, 0.1) is 5.69 Å². The summed E-state index contributed by atoms with van der Waals surface area (Å²) < 4.78 is 0. The number of aromatic nitrogens is 2. The fraction of sp³-hybridized carbons (Fsp3) is 0.450. The number of amides is 1. The van der Waals surface area contributed by atoms with Crippen LogP contribution in [0, 0.1) is 0 Å². The highest BCUT2D eigenvalue weighted by Gasteiger charge is 2.26. The maximum Gasteiger partial charge on any atom is 0.253 e. The van der Waals surface area contributed by atoms with Crippen LogP contribution in [-0.2, 0) is 0 Å². The SMILES string of the molecule is O=C(c1ccc(N2CCCC2)cc1)N1CCC[C@H](c2cnccn2)C1. The highest BCUT2D eigenvalue weighted by Crippen LogP contribution is 2.27. The molecule has 2 aliphatic heterocycles. The molecule has 3 heterocycles. The van der Waals surface area contributed by atoms with Crippen LogP contribution in [0.25, 0.3) is 0 Å². The standard InChI is InChI=1S/C20H24N4O/c25-20(16-5-7-18(8-6-16)23-11-1-2-12-23)24-13-3-4-17(15-24)19-14-21-9-10-22-19/h5-10,14,17H,1-4,11-13,15H2/t17-/m0/s1. The third-order valence-corrected chi connectivity index (χ3v) is 5.30. The van der Waals surface area contributed by atoms with Crippen LogP contribution in [0.15, 0.2) is 42.9 Å². The average molecular weight is 336 g/mol. The van der Waals surface area contributed by atoms with Gasteiger partial charge in [-0.05, 0) is 49.9 Å². The Labute approximate surface area is 148 Å². The fourth-order valence-electron chi connectivity index (χ4n) is 3.90. The lowest BCUT2D eigenvalue weighted by Crippen LogP contribution is -2.39. The summed E-state index contributed by atoms with van der Waals surface area (Å²) in [6, 6.07) is 8.12. The summed E-state index contributed by atoms with van der Waals surface area (Å²) in [5, 5.41) is 0. The van der Waals surface area contributed by atoms with Crippen molar-refractivity contribution in [2.24, 2.45) is 0 Å². The molecule has 5 nitrogen and oxygen atoms in total. The van der Waals surface area contributed by atoms with E-state index in [1.165, 1.54) is 18.5 Å². The maximum absolute atomic E-state index is 12.9. The van der Waals surface area contributed by atoms with Crippen LogP contribution in [0.1, 0.15) is 47.7 Å². The monoisotopic (exact) mass is 336 g/mol. The zero-order chi connectivity index (χ0) is 17.1. The van der Waals surface area contributed by atoms with Crippen LogP contribution in [0.5, 0.6) is 0 Å². The van der Waals surface area contributed by atoms with Gasteiger partial charge >= 0.3 is 0 Å². The number of piperidine rings is 1. The molecule has 1 aromatic heterocycles. The molecular weight excluding hydrogens is 312 g/mol. The number of carbonyl (C=O) groups excluding carboxylic acids is 1. The number of anilines is 1. The van der Waals surface area contributed by atoms with Crippen molar-refractivity contribution in [2.45, 2.75) is 31.6 Å². The molecule has 130 valence electrons. The molecule has 1 aromatic carbocycles. The molecule has 0 N–H and O–H groups in total. The lowest BCUT2D eigenvalue weighted by Gasteiger charge is -2.32. The van der Waals surface area contributed by atoms with Crippen molar-refractivity contribution < 1.29 is 4.79 Å². The van der Waals surface area contributed by atoms with E-state index in [-0.39, 0.29) is 11.8 Å². The van der Waals surface area contributed by atoms with Crippen molar-refractivity contribution in [3.05, 3.63) is 54.1 Å². The van der Waals surface area contributed by atoms with E-state index in [4.69, 9.17) is 0 Å². The van der Waals surface area contributed by atoms with Gasteiger partial charge in [0, 0.05) is 61.9 Å². The van der Waals surface area contributed by atoms with Gasteiger partial charge in [-0.1, -0.05) is 0 Å². The van der Waals surface area contributed by atoms with Gasteiger partial charge in [-0.3, -0.25) is 14.8 Å². The minimum absolute atomic E-state index is 0.126. The zero-order valence-electron chi connectivity index (χ0n) is 14.5. The van der Waals surface area contributed by atoms with Gasteiger partial charge in [0.1, 0.15) is 0 Å². The van der Waals surface area contributed by atoms with Gasteiger partial charge in [0.25, 0.3) is 5.91 Å². The molecule has 0 radical (unpaired) electrons. The van der Waals surface area contributed by atoms with Crippen molar-refractivity contribution in [1.29, 1.82) is 0 Å². The summed E-state index contributed by atoms with van der Waals surface area (Å²) in [6.07, 6.45) is 9.85. The first-order chi connectivity index (χ1) is 12.3. The average Bonchev–Trinajstić information content (AvgIpc) is 3.23. The number of carbonyl (C=O) groups is 1. The highest BCUT2D eigenvalue weighted by molar-refractivity contribution is 5.94. The van der Waals surface area contributed by atoms with Crippen LogP contribution in [0.3, 0.4) is 0 Å². The smallest absolute Gasteiger partial charge is 0.253 e. The zero-order valence-corrected chi connectivity index (χ0v) is 14.5. The summed E-state index contributed by atoms with van der Waals surface area (Å²) in [6.45, 7) is 3.80. The van der Waals surface area contributed by atoms with E-state index >= 15 is 0 Å². The minimum Gasteiger partial charge on any atom is -0.372 e. The second-order valence-electron chi connectivity index (χ2n) is 6.96. The molecule has 0 spiro atoms. The molecule has 25 heavy (non-hydrogen) atoms. The number of likely N-dealkylation sites (tertiary alicyclic amines) is 1. The Hall–Kier alpha value is -2.43. The van der Waals surface area contributed by atoms with Crippen LogP contribution < -0.4 is 4.90 Å². The highest BCUT2D eigenvalue weighted by atomic mass is 16.2. The Morgan fingerprint density at radius 2 is 1.80 bits per heavy atom. The normalized spacial score (nSPS) is 20.7. The first-order valence-electron chi connectivity index (χ1n) is 9.21. The number of rotatable bonds is 3. The molecule has 0 aliphatic carbocycles. The third-order valence-electron chi connectivity index (χ3n) is 5.30. The van der Waals surface area contributed by atoms with Crippen molar-refractivity contribution in [3.63, 3.8) is 0 Å². The molecule has 2 fully saturated rings. The van der Waals surface area contributed by atoms with E-state index in [1.807, 2.05) is 23.2 Å². The molecule has 0 unspecified atom stereocenters. The summed E-state index contributed by atoms with van der Waals surface area (Å²) in [5.41, 5.74) is 3.00. The van der Waals surface area contributed by atoms with Gasteiger partial charge in [-0.25, -0.2) is 0 Å². The van der Waals surface area contributed by atoms with Gasteiger partial charge in [0.2, 0.25) is 0 Å². The molecule has 1 amide bonds. The number of nitrogens with zero attached hydrogens (tertiary/aromatic N) is 4. The molecule has 2 saturated heterocycles. The summed E-state index contributed by atoms with van der Waals surface area (Å²) >= 11 is 0. The molecule has 1 atom stereocenters. The lowest BCUT2D eigenvalue weighted by atomic mass is 9.94. The maximum atomic E-state index is 12.9. The number of hydrogen-bond acceptors (Lipinski definition) is 4. The van der Waals surface area contributed by atoms with Gasteiger partial charge in [-0.2, -0.15) is 0 Å². The minimum atomic E-state index is 0.126. The van der Waals surface area contributed by atoms with Gasteiger partial charge < -0.3 is 9.80 Å². The van der Waals surface area contributed by atoms with Crippen molar-refractivity contribution in [2.75, 3.05) is 31.1 Å². The summed E-state index contributed by atoms with van der Waals surface area (Å²) in [5.74, 6) is 0.414. The Bertz CT molecular complexity index is 710. The van der Waals surface area contributed by atoms with Crippen molar-refractivity contribution in [3.8, 4) is 0 Å². The molecule has 4 rings (SSSR count). The fourth-order valence-corrected chi connectivity index (χ4v) is 3.90. The van der Waals surface area contributed by atoms with Crippen molar-refractivity contribution >= 4 is 11.6 Å². The summed E-state index contributed by atoms with van der Waals surface area (Å²) in [7, 11) is 0. The van der Waals surface area contributed by atoms with Gasteiger partial charge in [-0.15, -0.1) is 0 Å². The summed E-state index contributed by atoms with van der Waals surface area (Å²) in [4.78, 5) is 25.8. The quantitative estimate of drug-likeness (QED) is 0.864. The second kappa shape index (κ2) is 7.21. The molecule has 2 aromatic rings. The molecule has 5 heteroatoms. The number of hydrogen-bond donors (Lipinski definition) is 0. The Balaban J connectivity index is 1.44. The Morgan fingerprint density at radius 3 is 2.52 bits per heavy atom. The van der Waals surface area contributed by atoms with Crippen molar-refractivity contribution in [1.82, 2.24) is 14.9 Å². The molecular formula is C20H24N4O. The molecule has 0 saturated carbocycles. The van der Waals surface area contributed by atoms with E-state index in [1.54, 1.807) is 12.4 Å². The van der Waals surface area contributed by atoms with E-state index < -0.39 is 0 Å². The lowest BCUT2D eigenvalue weighted by molar-refractivity contribution is 0.0706. The molecule has 0 bridgehead atoms. The second-order valence-corrected chi connectivity index (χ2v) is 6.96. The predicted octanol–water partition coefficient (Wildman–Crippen LogP) is 3.10. The van der Waals surface area contributed by atoms with Crippen LogP contribution >= 0.6 is 0 Å². The Kier molecular flexibility index (Phi) is 4.63. The molecule has 2 aliphatic rings. The Morgan fingerprint density at radius 1 is 1.00 bits per heavy atom.